The fraction of sp³-hybridized carbons (Fsp3) is 0.417. The molecule has 1 aliphatic heterocycles. The summed E-state index contributed by atoms with van der Waals surface area (Å²) < 4.78 is 5.17. The minimum absolute atomic E-state index is 0.0759. The van der Waals surface area contributed by atoms with Crippen LogP contribution in [0.4, 0.5) is 0 Å². The third-order valence-electron chi connectivity index (χ3n) is 3.06. The molecule has 0 aliphatic carbocycles. The van der Waals surface area contributed by atoms with Crippen LogP contribution in [0.15, 0.2) is 23.3 Å². The first kappa shape index (κ1) is 12.3. The summed E-state index contributed by atoms with van der Waals surface area (Å²) >= 11 is 0. The van der Waals surface area contributed by atoms with Gasteiger partial charge in [0.05, 0.1) is 6.20 Å². The van der Waals surface area contributed by atoms with E-state index in [1.807, 2.05) is 0 Å². The number of piperidine rings is 1. The Hall–Kier alpha value is -2.11. The number of amides is 1. The Labute approximate surface area is 104 Å². The second kappa shape index (κ2) is 5.03. The van der Waals surface area contributed by atoms with Gasteiger partial charge in [-0.1, -0.05) is 6.58 Å². The van der Waals surface area contributed by atoms with E-state index in [9.17, 15) is 9.59 Å². The van der Waals surface area contributed by atoms with E-state index >= 15 is 0 Å². The van der Waals surface area contributed by atoms with Gasteiger partial charge < -0.3 is 14.4 Å². The van der Waals surface area contributed by atoms with Crippen molar-refractivity contribution in [2.24, 2.45) is 0 Å². The van der Waals surface area contributed by atoms with Crippen molar-refractivity contribution in [1.82, 2.24) is 9.88 Å². The fourth-order valence-electron chi connectivity index (χ4n) is 2.05. The molecule has 0 aromatic carbocycles. The maximum atomic E-state index is 11.4. The molecule has 2 heterocycles. The molecule has 1 saturated heterocycles. The highest BCUT2D eigenvalue weighted by molar-refractivity contribution is 5.87. The van der Waals surface area contributed by atoms with Crippen molar-refractivity contribution in [2.45, 2.75) is 18.8 Å². The molecule has 18 heavy (non-hydrogen) atoms. The average molecular weight is 250 g/mol. The molecule has 0 bridgehead atoms. The Bertz CT molecular complexity index is 472. The van der Waals surface area contributed by atoms with Crippen molar-refractivity contribution in [3.63, 3.8) is 0 Å². The van der Waals surface area contributed by atoms with Crippen LogP contribution >= 0.6 is 0 Å². The summed E-state index contributed by atoms with van der Waals surface area (Å²) in [6.45, 7) is 4.67. The van der Waals surface area contributed by atoms with Gasteiger partial charge in [-0.2, -0.15) is 0 Å². The molecule has 0 unspecified atom stereocenters. The molecule has 6 nitrogen and oxygen atoms in total. The van der Waals surface area contributed by atoms with E-state index in [4.69, 9.17) is 9.52 Å². The van der Waals surface area contributed by atoms with Crippen molar-refractivity contribution >= 4 is 11.9 Å². The van der Waals surface area contributed by atoms with Gasteiger partial charge in [-0.15, -0.1) is 0 Å². The minimum Gasteiger partial charge on any atom is -0.475 e. The van der Waals surface area contributed by atoms with Crippen molar-refractivity contribution in [1.29, 1.82) is 0 Å². The van der Waals surface area contributed by atoms with Crippen LogP contribution in [0.2, 0.25) is 0 Å². The Balaban J connectivity index is 1.98. The third-order valence-corrected chi connectivity index (χ3v) is 3.06. The number of carboxylic acids is 1. The average Bonchev–Trinajstić information content (AvgIpc) is 2.88. The number of carbonyl (C=O) groups is 2. The summed E-state index contributed by atoms with van der Waals surface area (Å²) in [5, 5.41) is 8.75. The topological polar surface area (TPSA) is 83.6 Å². The van der Waals surface area contributed by atoms with Crippen molar-refractivity contribution in [3.8, 4) is 0 Å². The van der Waals surface area contributed by atoms with Crippen molar-refractivity contribution in [2.75, 3.05) is 13.1 Å². The maximum Gasteiger partial charge on any atom is 0.373 e. The minimum atomic E-state index is -1.12. The Morgan fingerprint density at radius 1 is 1.50 bits per heavy atom. The first-order valence-electron chi connectivity index (χ1n) is 5.72. The van der Waals surface area contributed by atoms with Crippen LogP contribution in [0.1, 0.15) is 35.2 Å². The number of likely N-dealkylation sites (tertiary alicyclic amines) is 1. The van der Waals surface area contributed by atoms with Crippen molar-refractivity contribution < 1.29 is 19.1 Å². The number of oxazole rings is 1. The number of nitrogens with zero attached hydrogens (tertiary/aromatic N) is 2. The quantitative estimate of drug-likeness (QED) is 0.816. The molecule has 1 amide bonds. The highest BCUT2D eigenvalue weighted by atomic mass is 16.4. The van der Waals surface area contributed by atoms with Gasteiger partial charge in [0.25, 0.3) is 0 Å². The summed E-state index contributed by atoms with van der Waals surface area (Å²) in [5.74, 6) is -0.820. The first-order chi connectivity index (χ1) is 8.61. The van der Waals surface area contributed by atoms with Crippen molar-refractivity contribution in [3.05, 3.63) is 30.5 Å². The fourth-order valence-corrected chi connectivity index (χ4v) is 2.05. The lowest BCUT2D eigenvalue weighted by Gasteiger charge is -2.29. The normalized spacial score (nSPS) is 16.6. The second-order valence-corrected chi connectivity index (χ2v) is 4.17. The third kappa shape index (κ3) is 2.42. The van der Waals surface area contributed by atoms with E-state index in [1.165, 1.54) is 12.3 Å². The summed E-state index contributed by atoms with van der Waals surface area (Å²) in [4.78, 5) is 27.8. The van der Waals surface area contributed by atoms with Gasteiger partial charge in [-0.3, -0.25) is 4.79 Å². The van der Waals surface area contributed by atoms with Gasteiger partial charge >= 0.3 is 5.97 Å². The zero-order valence-electron chi connectivity index (χ0n) is 9.83. The zero-order valence-corrected chi connectivity index (χ0v) is 9.83. The van der Waals surface area contributed by atoms with Gasteiger partial charge in [-0.05, 0) is 18.9 Å². The molecular formula is C12H14N2O4. The Morgan fingerprint density at radius 2 is 2.17 bits per heavy atom. The number of aromatic nitrogens is 1. The van der Waals surface area contributed by atoms with Crippen LogP contribution in [0.3, 0.4) is 0 Å². The summed E-state index contributed by atoms with van der Waals surface area (Å²) in [6, 6.07) is 0. The van der Waals surface area contributed by atoms with Gasteiger partial charge in [0.15, 0.2) is 5.89 Å². The maximum absolute atomic E-state index is 11.4. The van der Waals surface area contributed by atoms with Gasteiger partial charge in [-0.25, -0.2) is 9.78 Å². The molecule has 1 aromatic heterocycles. The monoisotopic (exact) mass is 250 g/mol. The van der Waals surface area contributed by atoms with Crippen LogP contribution in [0.5, 0.6) is 0 Å². The molecule has 6 heteroatoms. The van der Waals surface area contributed by atoms with E-state index < -0.39 is 5.97 Å². The molecule has 0 atom stereocenters. The van der Waals surface area contributed by atoms with Crippen LogP contribution in [0.25, 0.3) is 0 Å². The highest BCUT2D eigenvalue weighted by Gasteiger charge is 2.26. The van der Waals surface area contributed by atoms with Gasteiger partial charge in [0.1, 0.15) is 0 Å². The van der Waals surface area contributed by atoms with Gasteiger partial charge in [0, 0.05) is 19.0 Å². The largest absolute Gasteiger partial charge is 0.475 e. The summed E-state index contributed by atoms with van der Waals surface area (Å²) in [5.41, 5.74) is 0. The lowest BCUT2D eigenvalue weighted by Crippen LogP contribution is -2.36. The molecule has 0 saturated carbocycles. The smallest absolute Gasteiger partial charge is 0.373 e. The molecule has 1 N–H and O–H groups in total. The Kier molecular flexibility index (Phi) is 3.45. The first-order valence-corrected chi connectivity index (χ1v) is 5.72. The zero-order chi connectivity index (χ0) is 13.1. The number of hydrogen-bond acceptors (Lipinski definition) is 4. The number of aromatic carboxylic acids is 1. The number of rotatable bonds is 3. The second-order valence-electron chi connectivity index (χ2n) is 4.17. The summed E-state index contributed by atoms with van der Waals surface area (Å²) in [7, 11) is 0. The Morgan fingerprint density at radius 3 is 2.67 bits per heavy atom. The lowest BCUT2D eigenvalue weighted by atomic mass is 9.97. The predicted molar refractivity (Wildman–Crippen MR) is 62.2 cm³/mol. The summed E-state index contributed by atoms with van der Waals surface area (Å²) in [6.07, 6.45) is 3.96. The predicted octanol–water partition coefficient (Wildman–Crippen LogP) is 1.26. The lowest BCUT2D eigenvalue weighted by molar-refractivity contribution is -0.127. The molecule has 0 spiro atoms. The molecule has 1 aliphatic rings. The van der Waals surface area contributed by atoms with Crippen LogP contribution < -0.4 is 0 Å². The van der Waals surface area contributed by atoms with Crippen LogP contribution in [-0.4, -0.2) is 40.0 Å². The van der Waals surface area contributed by atoms with E-state index in [0.717, 1.165) is 12.8 Å². The molecule has 96 valence electrons. The van der Waals surface area contributed by atoms with E-state index in [1.54, 1.807) is 4.90 Å². The number of carbonyl (C=O) groups excluding carboxylic acids is 1. The van der Waals surface area contributed by atoms with Crippen LogP contribution in [0, 0.1) is 0 Å². The standard InChI is InChI=1S/C12H14N2O4/c1-2-10(15)14-5-3-8(4-6-14)11-13-7-9(18-11)12(16)17/h2,7-8H,1,3-6H2,(H,16,17). The molecule has 1 fully saturated rings. The molecule has 0 radical (unpaired) electrons. The van der Waals surface area contributed by atoms with Gasteiger partial charge in [0.2, 0.25) is 11.7 Å². The SMILES string of the molecule is C=CC(=O)N1CCC(c2ncc(C(=O)O)o2)CC1. The molecule has 2 rings (SSSR count). The number of hydrogen-bond donors (Lipinski definition) is 1. The van der Waals surface area contributed by atoms with E-state index in [2.05, 4.69) is 11.6 Å². The van der Waals surface area contributed by atoms with E-state index in [0.29, 0.717) is 19.0 Å². The van der Waals surface area contributed by atoms with Crippen LogP contribution in [-0.2, 0) is 4.79 Å². The highest BCUT2D eigenvalue weighted by Crippen LogP contribution is 2.27. The molecular weight excluding hydrogens is 236 g/mol. The van der Waals surface area contributed by atoms with E-state index in [-0.39, 0.29) is 17.6 Å². The number of carboxylic acid groups (broad SMARTS) is 1. The molecule has 1 aromatic rings.